The highest BCUT2D eigenvalue weighted by molar-refractivity contribution is 5.84. The summed E-state index contributed by atoms with van der Waals surface area (Å²) in [6.07, 6.45) is 0. The summed E-state index contributed by atoms with van der Waals surface area (Å²) < 4.78 is 10.5. The van der Waals surface area contributed by atoms with Crippen LogP contribution in [0.1, 0.15) is 10.6 Å². The lowest BCUT2D eigenvalue weighted by Crippen LogP contribution is -1.91. The van der Waals surface area contributed by atoms with E-state index in [1.54, 1.807) is 0 Å². The molecule has 1 aromatic heterocycles. The van der Waals surface area contributed by atoms with Crippen molar-refractivity contribution in [2.75, 3.05) is 0 Å². The topological polar surface area (TPSA) is 59.7 Å². The van der Waals surface area contributed by atoms with E-state index in [-0.39, 0.29) is 11.7 Å². The van der Waals surface area contributed by atoms with Gasteiger partial charge in [0, 0.05) is 6.07 Å². The summed E-state index contributed by atoms with van der Waals surface area (Å²) in [6, 6.07) is 20.3. The minimum absolute atomic E-state index is 0.147. The van der Waals surface area contributed by atoms with E-state index in [4.69, 9.17) is 14.3 Å². The van der Waals surface area contributed by atoms with Gasteiger partial charge in [0.25, 0.3) is 5.95 Å². The van der Waals surface area contributed by atoms with Crippen molar-refractivity contribution < 1.29 is 19.1 Å². The minimum Gasteiger partial charge on any atom is -0.475 e. The maximum absolute atomic E-state index is 10.7. The normalized spacial score (nSPS) is 10.3. The van der Waals surface area contributed by atoms with Crippen molar-refractivity contribution in [1.82, 2.24) is 0 Å². The molecule has 0 aliphatic rings. The molecule has 0 fully saturated rings. The van der Waals surface area contributed by atoms with Crippen LogP contribution in [0.2, 0.25) is 0 Å². The Morgan fingerprint density at radius 3 is 2.14 bits per heavy atom. The highest BCUT2D eigenvalue weighted by atomic mass is 16.6. The molecule has 0 spiro atoms. The van der Waals surface area contributed by atoms with Crippen LogP contribution in [0.4, 0.5) is 0 Å². The Balaban J connectivity index is 1.76. The smallest absolute Gasteiger partial charge is 0.371 e. The van der Waals surface area contributed by atoms with E-state index in [0.717, 1.165) is 11.1 Å². The largest absolute Gasteiger partial charge is 0.475 e. The van der Waals surface area contributed by atoms with Crippen molar-refractivity contribution in [2.45, 2.75) is 0 Å². The van der Waals surface area contributed by atoms with Gasteiger partial charge in [-0.2, -0.15) is 0 Å². The van der Waals surface area contributed by atoms with Gasteiger partial charge in [0.2, 0.25) is 5.76 Å². The fraction of sp³-hybridized carbons (Fsp3) is 0. The molecule has 4 heteroatoms. The van der Waals surface area contributed by atoms with Crippen LogP contribution in [0.15, 0.2) is 71.1 Å². The Morgan fingerprint density at radius 2 is 1.52 bits per heavy atom. The van der Waals surface area contributed by atoms with Crippen LogP contribution < -0.4 is 4.74 Å². The molecule has 0 unspecified atom stereocenters. The maximum atomic E-state index is 10.7. The van der Waals surface area contributed by atoms with E-state index in [1.807, 2.05) is 54.6 Å². The van der Waals surface area contributed by atoms with Crippen LogP contribution >= 0.6 is 0 Å². The third-order valence-electron chi connectivity index (χ3n) is 2.97. The molecule has 0 saturated carbocycles. The molecular formula is C17H12O4. The molecule has 1 N–H and O–H groups in total. The van der Waals surface area contributed by atoms with Crippen molar-refractivity contribution in [3.8, 4) is 22.8 Å². The number of aromatic carboxylic acids is 1. The van der Waals surface area contributed by atoms with Gasteiger partial charge >= 0.3 is 5.97 Å². The molecule has 3 aromatic rings. The molecule has 0 saturated heterocycles. The molecule has 0 aliphatic carbocycles. The van der Waals surface area contributed by atoms with Crippen molar-refractivity contribution in [3.63, 3.8) is 0 Å². The Morgan fingerprint density at radius 1 is 0.857 bits per heavy atom. The van der Waals surface area contributed by atoms with Crippen LogP contribution in [0.25, 0.3) is 11.1 Å². The molecule has 4 nitrogen and oxygen atoms in total. The molecule has 0 bridgehead atoms. The first-order valence-corrected chi connectivity index (χ1v) is 6.39. The van der Waals surface area contributed by atoms with Crippen molar-refractivity contribution in [1.29, 1.82) is 0 Å². The van der Waals surface area contributed by atoms with Gasteiger partial charge in [-0.1, -0.05) is 42.5 Å². The van der Waals surface area contributed by atoms with E-state index in [0.29, 0.717) is 5.75 Å². The first-order valence-electron chi connectivity index (χ1n) is 6.39. The molecule has 0 aliphatic heterocycles. The zero-order valence-corrected chi connectivity index (χ0v) is 11.0. The predicted molar refractivity (Wildman–Crippen MR) is 77.6 cm³/mol. The van der Waals surface area contributed by atoms with Crippen LogP contribution in [0, 0.1) is 0 Å². The molecule has 104 valence electrons. The molecule has 3 rings (SSSR count). The van der Waals surface area contributed by atoms with Gasteiger partial charge in [0.15, 0.2) is 0 Å². The third-order valence-corrected chi connectivity index (χ3v) is 2.97. The third kappa shape index (κ3) is 2.95. The summed E-state index contributed by atoms with van der Waals surface area (Å²) in [7, 11) is 0. The molecule has 0 atom stereocenters. The summed E-state index contributed by atoms with van der Waals surface area (Å²) in [6.45, 7) is 0. The summed E-state index contributed by atoms with van der Waals surface area (Å²) in [5, 5.41) is 8.78. The number of carbonyl (C=O) groups is 1. The van der Waals surface area contributed by atoms with Crippen LogP contribution in [0.5, 0.6) is 11.7 Å². The second-order valence-electron chi connectivity index (χ2n) is 4.42. The predicted octanol–water partition coefficient (Wildman–Crippen LogP) is 4.44. The van der Waals surface area contributed by atoms with Crippen molar-refractivity contribution in [2.24, 2.45) is 0 Å². The van der Waals surface area contributed by atoms with Crippen LogP contribution in [-0.4, -0.2) is 11.1 Å². The second kappa shape index (κ2) is 5.54. The molecule has 1 heterocycles. The summed E-state index contributed by atoms with van der Waals surface area (Å²) in [5.41, 5.74) is 2.20. The lowest BCUT2D eigenvalue weighted by atomic mass is 10.1. The molecule has 0 amide bonds. The fourth-order valence-corrected chi connectivity index (χ4v) is 1.95. The zero-order valence-electron chi connectivity index (χ0n) is 11.0. The van der Waals surface area contributed by atoms with Gasteiger partial charge in [-0.05, 0) is 29.3 Å². The second-order valence-corrected chi connectivity index (χ2v) is 4.42. The fourth-order valence-electron chi connectivity index (χ4n) is 1.95. The molecule has 21 heavy (non-hydrogen) atoms. The minimum atomic E-state index is -1.12. The lowest BCUT2D eigenvalue weighted by Gasteiger charge is -2.04. The Kier molecular flexibility index (Phi) is 3.43. The molecule has 2 aromatic carbocycles. The number of furan rings is 1. The van der Waals surface area contributed by atoms with E-state index in [2.05, 4.69) is 0 Å². The van der Waals surface area contributed by atoms with Crippen molar-refractivity contribution >= 4 is 5.97 Å². The Hall–Kier alpha value is -3.01. The first-order chi connectivity index (χ1) is 10.2. The zero-order chi connectivity index (χ0) is 14.7. The van der Waals surface area contributed by atoms with E-state index in [1.165, 1.54) is 12.1 Å². The Labute approximate surface area is 121 Å². The molecule has 0 radical (unpaired) electrons. The average Bonchev–Trinajstić information content (AvgIpc) is 2.98. The number of ether oxygens (including phenoxy) is 1. The maximum Gasteiger partial charge on any atom is 0.371 e. The number of carboxylic acid groups (broad SMARTS) is 1. The van der Waals surface area contributed by atoms with Crippen molar-refractivity contribution in [3.05, 3.63) is 72.5 Å². The van der Waals surface area contributed by atoms with Gasteiger partial charge in [-0.15, -0.1) is 0 Å². The SMILES string of the molecule is O=C(O)c1ccc(Oc2ccc(-c3ccccc3)cc2)o1. The summed E-state index contributed by atoms with van der Waals surface area (Å²) in [5.74, 6) is -0.531. The average molecular weight is 280 g/mol. The standard InChI is InChI=1S/C17H12O4/c18-17(19)15-10-11-16(21-15)20-14-8-6-13(7-9-14)12-4-2-1-3-5-12/h1-11H,(H,18,19). The van der Waals surface area contributed by atoms with E-state index < -0.39 is 5.97 Å². The van der Waals surface area contributed by atoms with Crippen LogP contribution in [0.3, 0.4) is 0 Å². The van der Waals surface area contributed by atoms with Gasteiger partial charge < -0.3 is 14.3 Å². The van der Waals surface area contributed by atoms with Crippen LogP contribution in [-0.2, 0) is 0 Å². The monoisotopic (exact) mass is 280 g/mol. The molecular weight excluding hydrogens is 268 g/mol. The van der Waals surface area contributed by atoms with E-state index >= 15 is 0 Å². The van der Waals surface area contributed by atoms with Gasteiger partial charge in [0.1, 0.15) is 5.75 Å². The summed E-state index contributed by atoms with van der Waals surface area (Å²) >= 11 is 0. The number of hydrogen-bond acceptors (Lipinski definition) is 3. The quantitative estimate of drug-likeness (QED) is 0.767. The summed E-state index contributed by atoms with van der Waals surface area (Å²) in [4.78, 5) is 10.7. The number of hydrogen-bond donors (Lipinski definition) is 1. The van der Waals surface area contributed by atoms with Gasteiger partial charge in [0.05, 0.1) is 0 Å². The number of rotatable bonds is 4. The lowest BCUT2D eigenvalue weighted by molar-refractivity contribution is 0.0657. The van der Waals surface area contributed by atoms with E-state index in [9.17, 15) is 4.79 Å². The highest BCUT2D eigenvalue weighted by Crippen LogP contribution is 2.26. The van der Waals surface area contributed by atoms with Gasteiger partial charge in [-0.3, -0.25) is 0 Å². The first kappa shape index (κ1) is 13.0. The Bertz CT molecular complexity index is 742. The number of benzene rings is 2. The van der Waals surface area contributed by atoms with Gasteiger partial charge in [-0.25, -0.2) is 4.79 Å². The number of carboxylic acids is 1. The highest BCUT2D eigenvalue weighted by Gasteiger charge is 2.10.